The molecule has 140 valence electrons. The molecule has 3 fully saturated rings. The van der Waals surface area contributed by atoms with Crippen molar-refractivity contribution in [2.24, 2.45) is 11.3 Å². The Morgan fingerprint density at radius 2 is 1.77 bits per heavy atom. The van der Waals surface area contributed by atoms with Crippen molar-refractivity contribution in [3.63, 3.8) is 0 Å². The second kappa shape index (κ2) is 6.67. The van der Waals surface area contributed by atoms with Crippen LogP contribution in [0.4, 0.5) is 0 Å². The van der Waals surface area contributed by atoms with Gasteiger partial charge in [0.05, 0.1) is 6.61 Å². The average molecular weight is 358 g/mol. The van der Waals surface area contributed by atoms with Gasteiger partial charge in [0, 0.05) is 43.7 Å². The molecule has 1 aliphatic carbocycles. The summed E-state index contributed by atoms with van der Waals surface area (Å²) >= 11 is 0. The lowest BCUT2D eigenvalue weighted by atomic mass is 9.81. The van der Waals surface area contributed by atoms with Gasteiger partial charge in [0.25, 0.3) is 5.91 Å². The van der Waals surface area contributed by atoms with Gasteiger partial charge in [-0.1, -0.05) is 25.0 Å². The number of hydrogen-bond acceptors (Lipinski definition) is 4. The number of amides is 1. The Morgan fingerprint density at radius 1 is 1.08 bits per heavy atom. The summed E-state index contributed by atoms with van der Waals surface area (Å²) in [7, 11) is 0. The van der Waals surface area contributed by atoms with Crippen LogP contribution in [0.2, 0.25) is 0 Å². The molecule has 1 aromatic carbocycles. The van der Waals surface area contributed by atoms with E-state index in [4.69, 9.17) is 5.11 Å². The highest BCUT2D eigenvalue weighted by atomic mass is 16.4. The first-order valence-electron chi connectivity index (χ1n) is 9.50. The van der Waals surface area contributed by atoms with Gasteiger partial charge in [0.2, 0.25) is 0 Å². The van der Waals surface area contributed by atoms with Crippen LogP contribution in [-0.2, 0) is 11.4 Å². The predicted octanol–water partition coefficient (Wildman–Crippen LogP) is 1.58. The number of carboxylic acid groups (broad SMARTS) is 1. The zero-order chi connectivity index (χ0) is 18.3. The van der Waals surface area contributed by atoms with Crippen LogP contribution in [-0.4, -0.2) is 64.1 Å². The largest absolute Gasteiger partial charge is 0.481 e. The molecule has 1 aromatic rings. The van der Waals surface area contributed by atoms with E-state index >= 15 is 0 Å². The first kappa shape index (κ1) is 17.5. The van der Waals surface area contributed by atoms with Crippen LogP contribution in [0, 0.1) is 11.3 Å². The van der Waals surface area contributed by atoms with Gasteiger partial charge in [-0.15, -0.1) is 0 Å². The minimum Gasteiger partial charge on any atom is -0.481 e. The number of hydrogen-bond donors (Lipinski definition) is 2. The highest BCUT2D eigenvalue weighted by molar-refractivity contribution is 5.95. The Labute approximate surface area is 153 Å². The summed E-state index contributed by atoms with van der Waals surface area (Å²) in [5.74, 6) is -0.882. The third kappa shape index (κ3) is 2.81. The van der Waals surface area contributed by atoms with Gasteiger partial charge in [-0.3, -0.25) is 14.5 Å². The number of carbonyl (C=O) groups is 2. The maximum absolute atomic E-state index is 12.8. The lowest BCUT2D eigenvalue weighted by Gasteiger charge is -2.28. The summed E-state index contributed by atoms with van der Waals surface area (Å²) in [6.45, 7) is 2.08. The summed E-state index contributed by atoms with van der Waals surface area (Å²) in [4.78, 5) is 29.1. The standard InChI is InChI=1S/C20H26N2O4/c23-11-14-5-7-15(8-6-14)18(24)22-10-16-9-21(17-3-1-2-4-17)12-20(16,13-22)19(25)26/h5-8,16-17,23H,1-4,9-13H2,(H,25,26)/t16-,20-/m1/s1. The van der Waals surface area contributed by atoms with Crippen molar-refractivity contribution in [1.29, 1.82) is 0 Å². The lowest BCUT2D eigenvalue weighted by molar-refractivity contribution is -0.148. The summed E-state index contributed by atoms with van der Waals surface area (Å²) < 4.78 is 0. The Hall–Kier alpha value is -1.92. The zero-order valence-electron chi connectivity index (χ0n) is 14.9. The van der Waals surface area contributed by atoms with Gasteiger partial charge in [-0.05, 0) is 30.5 Å². The average Bonchev–Trinajstić information content (AvgIpc) is 3.35. The fourth-order valence-electron chi connectivity index (χ4n) is 5.04. The lowest BCUT2D eigenvalue weighted by Crippen LogP contribution is -2.43. The molecule has 6 heteroatoms. The van der Waals surface area contributed by atoms with Crippen LogP contribution in [0.25, 0.3) is 0 Å². The molecule has 3 aliphatic rings. The molecule has 0 unspecified atom stereocenters. The molecule has 1 amide bonds. The molecule has 0 spiro atoms. The van der Waals surface area contributed by atoms with Crippen molar-refractivity contribution >= 4 is 11.9 Å². The molecule has 4 rings (SSSR count). The highest BCUT2D eigenvalue weighted by Gasteiger charge is 2.59. The van der Waals surface area contributed by atoms with E-state index in [0.717, 1.165) is 12.1 Å². The van der Waals surface area contributed by atoms with Crippen LogP contribution in [0.3, 0.4) is 0 Å². The van der Waals surface area contributed by atoms with Gasteiger partial charge < -0.3 is 15.1 Å². The summed E-state index contributed by atoms with van der Waals surface area (Å²) in [6.07, 6.45) is 4.81. The van der Waals surface area contributed by atoms with E-state index in [0.29, 0.717) is 24.7 Å². The summed E-state index contributed by atoms with van der Waals surface area (Å²) in [6, 6.07) is 7.41. The minimum atomic E-state index is -0.830. The smallest absolute Gasteiger partial charge is 0.313 e. The molecule has 2 atom stereocenters. The quantitative estimate of drug-likeness (QED) is 0.854. The van der Waals surface area contributed by atoms with Crippen molar-refractivity contribution in [3.8, 4) is 0 Å². The van der Waals surface area contributed by atoms with Crippen LogP contribution in [0.15, 0.2) is 24.3 Å². The third-order valence-corrected chi connectivity index (χ3v) is 6.57. The minimum absolute atomic E-state index is 0.00117. The first-order chi connectivity index (χ1) is 12.5. The molecular formula is C20H26N2O4. The number of fused-ring (bicyclic) bond motifs is 1. The number of aliphatic hydroxyl groups is 1. The van der Waals surface area contributed by atoms with Crippen molar-refractivity contribution in [1.82, 2.24) is 9.80 Å². The van der Waals surface area contributed by atoms with Crippen molar-refractivity contribution in [2.45, 2.75) is 38.3 Å². The maximum Gasteiger partial charge on any atom is 0.313 e. The topological polar surface area (TPSA) is 81.1 Å². The Kier molecular flexibility index (Phi) is 4.49. The normalized spacial score (nSPS) is 29.3. The van der Waals surface area contributed by atoms with E-state index in [-0.39, 0.29) is 25.0 Å². The van der Waals surface area contributed by atoms with Crippen molar-refractivity contribution in [3.05, 3.63) is 35.4 Å². The molecular weight excluding hydrogens is 332 g/mol. The number of aliphatic hydroxyl groups excluding tert-OH is 1. The number of aliphatic carboxylic acids is 1. The van der Waals surface area contributed by atoms with Crippen LogP contribution < -0.4 is 0 Å². The third-order valence-electron chi connectivity index (χ3n) is 6.57. The number of carboxylic acids is 1. The monoisotopic (exact) mass is 358 g/mol. The summed E-state index contributed by atoms with van der Waals surface area (Å²) in [5, 5.41) is 19.1. The first-order valence-corrected chi connectivity index (χ1v) is 9.50. The Bertz CT molecular complexity index is 698. The highest BCUT2D eigenvalue weighted by Crippen LogP contribution is 2.45. The second-order valence-corrected chi connectivity index (χ2v) is 8.07. The molecule has 0 bridgehead atoms. The SMILES string of the molecule is O=C(c1ccc(CO)cc1)N1C[C@H]2CN(C3CCCC3)C[C@@]2(C(=O)O)C1. The Balaban J connectivity index is 1.50. The molecule has 2 aliphatic heterocycles. The van der Waals surface area contributed by atoms with Crippen LogP contribution >= 0.6 is 0 Å². The van der Waals surface area contributed by atoms with Crippen molar-refractivity contribution < 1.29 is 19.8 Å². The maximum atomic E-state index is 12.8. The molecule has 2 heterocycles. The number of carbonyl (C=O) groups excluding carboxylic acids is 1. The van der Waals surface area contributed by atoms with Gasteiger partial charge in [0.15, 0.2) is 0 Å². The van der Waals surface area contributed by atoms with E-state index in [1.54, 1.807) is 29.2 Å². The molecule has 2 N–H and O–H groups in total. The van der Waals surface area contributed by atoms with E-state index in [2.05, 4.69) is 4.90 Å². The van der Waals surface area contributed by atoms with Gasteiger partial charge in [-0.2, -0.15) is 0 Å². The Morgan fingerprint density at radius 3 is 2.35 bits per heavy atom. The predicted molar refractivity (Wildman–Crippen MR) is 95.7 cm³/mol. The fourth-order valence-corrected chi connectivity index (χ4v) is 5.04. The van der Waals surface area contributed by atoms with Crippen LogP contribution in [0.5, 0.6) is 0 Å². The second-order valence-electron chi connectivity index (χ2n) is 8.07. The molecule has 6 nitrogen and oxygen atoms in total. The van der Waals surface area contributed by atoms with Crippen molar-refractivity contribution in [2.75, 3.05) is 26.2 Å². The van der Waals surface area contributed by atoms with E-state index in [9.17, 15) is 14.7 Å². The molecule has 0 aromatic heterocycles. The van der Waals surface area contributed by atoms with E-state index in [1.807, 2.05) is 0 Å². The van der Waals surface area contributed by atoms with Gasteiger partial charge in [0.1, 0.15) is 5.41 Å². The van der Waals surface area contributed by atoms with Gasteiger partial charge in [-0.25, -0.2) is 0 Å². The molecule has 2 saturated heterocycles. The zero-order valence-corrected chi connectivity index (χ0v) is 14.9. The summed E-state index contributed by atoms with van der Waals surface area (Å²) in [5.41, 5.74) is 0.480. The van der Waals surface area contributed by atoms with E-state index < -0.39 is 11.4 Å². The van der Waals surface area contributed by atoms with E-state index in [1.165, 1.54) is 25.7 Å². The molecule has 1 saturated carbocycles. The molecule has 0 radical (unpaired) electrons. The molecule has 26 heavy (non-hydrogen) atoms. The van der Waals surface area contributed by atoms with Crippen LogP contribution in [0.1, 0.15) is 41.6 Å². The number of nitrogens with zero attached hydrogens (tertiary/aromatic N) is 2. The van der Waals surface area contributed by atoms with Gasteiger partial charge >= 0.3 is 5.97 Å². The number of benzene rings is 1. The fraction of sp³-hybridized carbons (Fsp3) is 0.600. The number of likely N-dealkylation sites (tertiary alicyclic amines) is 2. The number of rotatable bonds is 4.